The molecule has 0 aliphatic carbocycles. The van der Waals surface area contributed by atoms with E-state index in [-0.39, 0.29) is 121 Å². The Labute approximate surface area is 235 Å². The van der Waals surface area contributed by atoms with Crippen molar-refractivity contribution >= 4 is 121 Å². The first-order chi connectivity index (χ1) is 11.0. The number of carboxylic acid groups (broad SMARTS) is 1. The van der Waals surface area contributed by atoms with Crippen LogP contribution < -0.4 is 0 Å². The molecule has 0 atom stereocenters. The van der Waals surface area contributed by atoms with Gasteiger partial charge in [0.05, 0.1) is 6.61 Å². The molecular weight excluding hydrogens is 378 g/mol. The number of carboxylic acids is 1. The van der Waals surface area contributed by atoms with Crippen LogP contribution in [0.15, 0.2) is 23.3 Å². The molecule has 25 heavy (non-hydrogen) atoms. The van der Waals surface area contributed by atoms with Crippen molar-refractivity contribution in [2.24, 2.45) is 0 Å². The maximum atomic E-state index is 11.7. The van der Waals surface area contributed by atoms with Gasteiger partial charge in [-0.05, 0) is 19.3 Å². The van der Waals surface area contributed by atoms with Crippen molar-refractivity contribution in [3.63, 3.8) is 0 Å². The van der Waals surface area contributed by atoms with Crippen LogP contribution >= 0.6 is 0 Å². The number of ether oxygens (including phenoxy) is 2. The summed E-state index contributed by atoms with van der Waals surface area (Å²) in [5.74, 6) is -1.76. The first-order valence-corrected chi connectivity index (χ1v) is 7.96. The van der Waals surface area contributed by atoms with Crippen LogP contribution in [0.25, 0.3) is 0 Å². The fourth-order valence-corrected chi connectivity index (χ4v) is 1.72. The Morgan fingerprint density at radius 2 is 1.44 bits per heavy atom. The van der Waals surface area contributed by atoms with Gasteiger partial charge in [0, 0.05) is 17.6 Å². The average Bonchev–Trinajstić information content (AvgIpc) is 2.50. The van der Waals surface area contributed by atoms with Crippen molar-refractivity contribution < 1.29 is 29.0 Å². The van der Waals surface area contributed by atoms with E-state index in [1.165, 1.54) is 0 Å². The Morgan fingerprint density at radius 3 is 1.88 bits per heavy atom. The number of allylic oxidation sites excluding steroid dienone is 2. The Kier molecular flexibility index (Phi) is 24.6. The first-order valence-electron chi connectivity index (χ1n) is 7.96. The molecule has 134 valence electrons. The zero-order valence-corrected chi connectivity index (χ0v) is 14.1. The number of hydrogen-bond acceptors (Lipinski definition) is 5. The fraction of sp³-hybridized carbons (Fsp3) is 0.588. The molecule has 6 nitrogen and oxygen atoms in total. The zero-order chi connectivity index (χ0) is 17.7. The van der Waals surface area contributed by atoms with Crippen molar-refractivity contribution in [1.29, 1.82) is 0 Å². The molecule has 0 heterocycles. The fourth-order valence-electron chi connectivity index (χ4n) is 1.72. The van der Waals surface area contributed by atoms with Crippen LogP contribution in [0.5, 0.6) is 0 Å². The van der Waals surface area contributed by atoms with Crippen LogP contribution in [-0.2, 0) is 19.1 Å². The van der Waals surface area contributed by atoms with Crippen LogP contribution in [0.4, 0.5) is 4.79 Å². The van der Waals surface area contributed by atoms with E-state index in [9.17, 15) is 14.4 Å². The van der Waals surface area contributed by atoms with Gasteiger partial charge in [-0.1, -0.05) is 45.8 Å². The quantitative estimate of drug-likeness (QED) is 0.260. The second kappa shape index (κ2) is 19.9. The summed E-state index contributed by atoms with van der Waals surface area (Å²) in [5, 5.41) is 9.00. The van der Waals surface area contributed by atoms with E-state index in [4.69, 9.17) is 9.84 Å². The molecule has 0 rings (SSSR count). The van der Waals surface area contributed by atoms with Gasteiger partial charge in [0.2, 0.25) is 0 Å². The molecular formula is C17H28K2O6. The number of carbonyl (C=O) groups excluding carboxylic acids is 2. The Bertz CT molecular complexity index is 472. The molecule has 0 aromatic carbocycles. The van der Waals surface area contributed by atoms with Crippen molar-refractivity contribution in [2.45, 2.75) is 59.3 Å². The third-order valence-corrected chi connectivity index (χ3v) is 3.04. The second-order valence-corrected chi connectivity index (χ2v) is 4.93. The van der Waals surface area contributed by atoms with E-state index in [0.29, 0.717) is 18.4 Å². The molecule has 0 unspecified atom stereocenters. The Morgan fingerprint density at radius 1 is 0.920 bits per heavy atom. The number of rotatable bonds is 10. The molecule has 0 fully saturated rings. The molecule has 0 aliphatic rings. The molecule has 0 saturated carbocycles. The minimum atomic E-state index is -1.11. The summed E-state index contributed by atoms with van der Waals surface area (Å²) in [6.07, 6.45) is 5.88. The summed E-state index contributed by atoms with van der Waals surface area (Å²) in [7, 11) is 0. The number of aliphatic carboxylic acids is 1. The van der Waals surface area contributed by atoms with E-state index in [0.717, 1.165) is 19.3 Å². The van der Waals surface area contributed by atoms with Crippen molar-refractivity contribution in [1.82, 2.24) is 0 Å². The topological polar surface area (TPSA) is 89.9 Å². The standard InChI is InChI=1S/C17H26O6.2K.2H/c1-4-7-9-13(6-3)16(20)23-17(21)22-12-11-14(15(18)19)10-8-5-2;;;;/h9-10H,4-8,11-12H2,1-3H3,(H,18,19);;;;. The van der Waals surface area contributed by atoms with Crippen molar-refractivity contribution in [3.8, 4) is 0 Å². The van der Waals surface area contributed by atoms with Crippen LogP contribution in [-0.4, -0.2) is 133 Å². The van der Waals surface area contributed by atoms with Crippen LogP contribution in [0.2, 0.25) is 0 Å². The summed E-state index contributed by atoms with van der Waals surface area (Å²) in [5.41, 5.74) is 0.612. The number of hydrogen-bond donors (Lipinski definition) is 1. The van der Waals surface area contributed by atoms with Gasteiger partial charge in [0.1, 0.15) is 0 Å². The predicted octanol–water partition coefficient (Wildman–Crippen LogP) is 2.71. The molecule has 0 saturated heterocycles. The summed E-state index contributed by atoms with van der Waals surface area (Å²) >= 11 is 0. The van der Waals surface area contributed by atoms with Crippen LogP contribution in [0.1, 0.15) is 59.3 Å². The minimum absolute atomic E-state index is 0. The third-order valence-electron chi connectivity index (χ3n) is 3.04. The first kappa shape index (κ1) is 30.9. The van der Waals surface area contributed by atoms with E-state index in [1.54, 1.807) is 19.1 Å². The van der Waals surface area contributed by atoms with E-state index in [1.807, 2.05) is 13.8 Å². The molecule has 0 amide bonds. The molecule has 8 heteroatoms. The summed E-state index contributed by atoms with van der Waals surface area (Å²) in [6.45, 7) is 5.57. The van der Waals surface area contributed by atoms with Crippen LogP contribution in [0.3, 0.4) is 0 Å². The van der Waals surface area contributed by atoms with Crippen molar-refractivity contribution in [3.05, 3.63) is 23.3 Å². The monoisotopic (exact) mass is 406 g/mol. The zero-order valence-electron chi connectivity index (χ0n) is 14.1. The second-order valence-electron chi connectivity index (χ2n) is 4.93. The van der Waals surface area contributed by atoms with Gasteiger partial charge < -0.3 is 14.6 Å². The average molecular weight is 407 g/mol. The molecule has 1 N–H and O–H groups in total. The summed E-state index contributed by atoms with van der Waals surface area (Å²) < 4.78 is 9.35. The molecule has 0 radical (unpaired) electrons. The Hall–Kier alpha value is 1.16. The van der Waals surface area contributed by atoms with E-state index < -0.39 is 18.1 Å². The van der Waals surface area contributed by atoms with Crippen molar-refractivity contribution in [2.75, 3.05) is 6.61 Å². The summed E-state index contributed by atoms with van der Waals surface area (Å²) in [6, 6.07) is 0. The third kappa shape index (κ3) is 15.9. The Balaban J connectivity index is -0.00000242. The number of esters is 1. The van der Waals surface area contributed by atoms with Crippen LogP contribution in [0, 0.1) is 0 Å². The van der Waals surface area contributed by atoms with Gasteiger partial charge >= 0.3 is 121 Å². The van der Waals surface area contributed by atoms with Gasteiger partial charge in [-0.15, -0.1) is 0 Å². The van der Waals surface area contributed by atoms with Gasteiger partial charge in [-0.2, -0.15) is 0 Å². The van der Waals surface area contributed by atoms with Gasteiger partial charge in [0.25, 0.3) is 0 Å². The SMILES string of the molecule is CCCC=C(CCOC(=O)OC(=O)C(=CCCC)CC)C(=O)O.[KH].[KH]. The van der Waals surface area contributed by atoms with Gasteiger partial charge in [-0.3, -0.25) is 0 Å². The summed E-state index contributed by atoms with van der Waals surface area (Å²) in [4.78, 5) is 34.2. The molecule has 0 aromatic rings. The molecule has 0 aliphatic heterocycles. The molecule has 0 spiro atoms. The normalized spacial score (nSPS) is 11.0. The van der Waals surface area contributed by atoms with E-state index in [2.05, 4.69) is 4.74 Å². The van der Waals surface area contributed by atoms with Gasteiger partial charge in [0.15, 0.2) is 0 Å². The predicted molar refractivity (Wildman–Crippen MR) is 100 cm³/mol. The van der Waals surface area contributed by atoms with E-state index >= 15 is 0 Å². The number of unbranched alkanes of at least 4 members (excludes halogenated alkanes) is 2. The molecule has 0 bridgehead atoms. The van der Waals surface area contributed by atoms with Gasteiger partial charge in [-0.25, -0.2) is 14.4 Å². The number of carbonyl (C=O) groups is 3. The molecule has 0 aromatic heterocycles. The maximum absolute atomic E-state index is 11.7.